The molecule has 1 N–H and O–H groups in total. The summed E-state index contributed by atoms with van der Waals surface area (Å²) in [6.07, 6.45) is -2.11. The lowest BCUT2D eigenvalue weighted by Gasteiger charge is -2.06. The number of aromatic nitrogens is 2. The first kappa shape index (κ1) is 13.1. The van der Waals surface area contributed by atoms with Gasteiger partial charge in [0, 0.05) is 11.6 Å². The van der Waals surface area contributed by atoms with Gasteiger partial charge in [0.15, 0.2) is 0 Å². The van der Waals surface area contributed by atoms with E-state index in [1.165, 1.54) is 12.1 Å². The molecule has 1 aliphatic carbocycles. The molecular formula is C13H12F3N3O. The average molecular weight is 283 g/mol. The lowest BCUT2D eigenvalue weighted by molar-refractivity contribution is -0.137. The summed E-state index contributed by atoms with van der Waals surface area (Å²) in [4.78, 5) is 4.10. The average Bonchev–Trinajstić information content (AvgIpc) is 3.12. The Morgan fingerprint density at radius 2 is 2.10 bits per heavy atom. The standard InChI is InChI=1S/C13H12F3N3O/c14-13(15,16)9-3-1-2-8(6-9)12-18-11(20-19-12)7-17-10-4-5-10/h1-3,6,10,17H,4-5,7H2. The van der Waals surface area contributed by atoms with E-state index in [0.29, 0.717) is 24.0 Å². The summed E-state index contributed by atoms with van der Waals surface area (Å²) >= 11 is 0. The molecule has 1 fully saturated rings. The van der Waals surface area contributed by atoms with Gasteiger partial charge in [0.2, 0.25) is 11.7 Å². The highest BCUT2D eigenvalue weighted by atomic mass is 19.4. The number of alkyl halides is 3. The molecule has 0 radical (unpaired) electrons. The molecule has 0 aliphatic heterocycles. The first-order chi connectivity index (χ1) is 9.52. The molecular weight excluding hydrogens is 271 g/mol. The Kier molecular flexibility index (Phi) is 3.21. The molecule has 0 bridgehead atoms. The Bertz CT molecular complexity index is 605. The van der Waals surface area contributed by atoms with E-state index in [2.05, 4.69) is 15.5 Å². The summed E-state index contributed by atoms with van der Waals surface area (Å²) in [6, 6.07) is 5.38. The number of benzene rings is 1. The quantitative estimate of drug-likeness (QED) is 0.937. The molecule has 1 saturated carbocycles. The number of nitrogens with one attached hydrogen (secondary N) is 1. The number of halogens is 3. The van der Waals surface area contributed by atoms with E-state index in [9.17, 15) is 13.2 Å². The minimum absolute atomic E-state index is 0.170. The summed E-state index contributed by atoms with van der Waals surface area (Å²) in [5.74, 6) is 0.549. The third-order valence-electron chi connectivity index (χ3n) is 3.04. The Labute approximate surface area is 113 Å². The molecule has 1 aromatic heterocycles. The van der Waals surface area contributed by atoms with Gasteiger partial charge in [-0.15, -0.1) is 0 Å². The minimum atomic E-state index is -4.38. The molecule has 0 unspecified atom stereocenters. The third-order valence-corrected chi connectivity index (χ3v) is 3.04. The van der Waals surface area contributed by atoms with Crippen LogP contribution in [-0.4, -0.2) is 16.2 Å². The Hall–Kier alpha value is -1.89. The van der Waals surface area contributed by atoms with Crippen LogP contribution in [-0.2, 0) is 12.7 Å². The molecule has 2 aromatic rings. The van der Waals surface area contributed by atoms with Crippen LogP contribution < -0.4 is 5.32 Å². The molecule has 0 amide bonds. The zero-order valence-electron chi connectivity index (χ0n) is 10.4. The molecule has 0 atom stereocenters. The van der Waals surface area contributed by atoms with Crippen LogP contribution in [0.5, 0.6) is 0 Å². The molecule has 1 aromatic carbocycles. The normalized spacial score (nSPS) is 15.6. The van der Waals surface area contributed by atoms with Crippen LogP contribution >= 0.6 is 0 Å². The zero-order valence-corrected chi connectivity index (χ0v) is 10.4. The smallest absolute Gasteiger partial charge is 0.338 e. The van der Waals surface area contributed by atoms with Crippen LogP contribution in [0.25, 0.3) is 11.4 Å². The van der Waals surface area contributed by atoms with E-state index < -0.39 is 11.7 Å². The van der Waals surface area contributed by atoms with Crippen molar-refractivity contribution in [3.8, 4) is 11.4 Å². The van der Waals surface area contributed by atoms with Crippen molar-refractivity contribution in [3.05, 3.63) is 35.7 Å². The number of nitrogens with zero attached hydrogens (tertiary/aromatic N) is 2. The fraction of sp³-hybridized carbons (Fsp3) is 0.385. The molecule has 0 spiro atoms. The van der Waals surface area contributed by atoms with E-state index in [1.807, 2.05) is 0 Å². The van der Waals surface area contributed by atoms with E-state index >= 15 is 0 Å². The summed E-state index contributed by atoms with van der Waals surface area (Å²) in [6.45, 7) is 0.441. The maximum absolute atomic E-state index is 12.6. The Morgan fingerprint density at radius 1 is 1.30 bits per heavy atom. The second kappa shape index (κ2) is 4.90. The fourth-order valence-corrected chi connectivity index (χ4v) is 1.80. The maximum atomic E-state index is 12.6. The second-order valence-electron chi connectivity index (χ2n) is 4.75. The lowest BCUT2D eigenvalue weighted by Crippen LogP contribution is -2.15. The van der Waals surface area contributed by atoms with E-state index in [-0.39, 0.29) is 5.82 Å². The van der Waals surface area contributed by atoms with Crippen LogP contribution in [0.1, 0.15) is 24.3 Å². The van der Waals surface area contributed by atoms with Crippen molar-refractivity contribution in [1.82, 2.24) is 15.5 Å². The van der Waals surface area contributed by atoms with Gasteiger partial charge in [-0.25, -0.2) is 0 Å². The second-order valence-corrected chi connectivity index (χ2v) is 4.75. The van der Waals surface area contributed by atoms with Crippen molar-refractivity contribution >= 4 is 0 Å². The molecule has 20 heavy (non-hydrogen) atoms. The SMILES string of the molecule is FC(F)(F)c1cccc(-c2noc(CNC3CC3)n2)c1. The third kappa shape index (κ3) is 2.98. The molecule has 3 rings (SSSR count). The summed E-state index contributed by atoms with van der Waals surface area (Å²) in [5, 5.41) is 6.91. The zero-order chi connectivity index (χ0) is 14.2. The van der Waals surface area contributed by atoms with E-state index in [4.69, 9.17) is 4.52 Å². The number of hydrogen-bond acceptors (Lipinski definition) is 4. The lowest BCUT2D eigenvalue weighted by atomic mass is 10.1. The number of rotatable bonds is 4. The molecule has 1 heterocycles. The first-order valence-corrected chi connectivity index (χ1v) is 6.26. The highest BCUT2D eigenvalue weighted by Crippen LogP contribution is 2.31. The van der Waals surface area contributed by atoms with Gasteiger partial charge in [0.25, 0.3) is 0 Å². The topological polar surface area (TPSA) is 51.0 Å². The summed E-state index contributed by atoms with van der Waals surface area (Å²) in [7, 11) is 0. The summed E-state index contributed by atoms with van der Waals surface area (Å²) < 4.78 is 42.9. The van der Waals surface area contributed by atoms with Crippen LogP contribution in [0.15, 0.2) is 28.8 Å². The summed E-state index contributed by atoms with van der Waals surface area (Å²) in [5.41, 5.74) is -0.432. The van der Waals surface area contributed by atoms with Gasteiger partial charge in [-0.3, -0.25) is 0 Å². The Balaban J connectivity index is 1.78. The van der Waals surface area contributed by atoms with Gasteiger partial charge in [-0.05, 0) is 25.0 Å². The maximum Gasteiger partial charge on any atom is 0.416 e. The molecule has 4 nitrogen and oxygen atoms in total. The highest BCUT2D eigenvalue weighted by molar-refractivity contribution is 5.55. The minimum Gasteiger partial charge on any atom is -0.338 e. The van der Waals surface area contributed by atoms with Gasteiger partial charge in [0.1, 0.15) is 0 Å². The predicted molar refractivity (Wildman–Crippen MR) is 64.6 cm³/mol. The van der Waals surface area contributed by atoms with Gasteiger partial charge < -0.3 is 9.84 Å². The first-order valence-electron chi connectivity index (χ1n) is 6.26. The van der Waals surface area contributed by atoms with E-state index in [0.717, 1.165) is 25.0 Å². The van der Waals surface area contributed by atoms with Crippen molar-refractivity contribution in [3.63, 3.8) is 0 Å². The van der Waals surface area contributed by atoms with Crippen LogP contribution in [0, 0.1) is 0 Å². The van der Waals surface area contributed by atoms with Crippen molar-refractivity contribution in [2.75, 3.05) is 0 Å². The van der Waals surface area contributed by atoms with Crippen molar-refractivity contribution in [2.45, 2.75) is 31.6 Å². The largest absolute Gasteiger partial charge is 0.416 e. The highest BCUT2D eigenvalue weighted by Gasteiger charge is 2.30. The molecule has 7 heteroatoms. The van der Waals surface area contributed by atoms with Crippen molar-refractivity contribution in [2.24, 2.45) is 0 Å². The molecule has 106 valence electrons. The van der Waals surface area contributed by atoms with Crippen LogP contribution in [0.4, 0.5) is 13.2 Å². The van der Waals surface area contributed by atoms with Gasteiger partial charge in [-0.2, -0.15) is 18.2 Å². The van der Waals surface area contributed by atoms with Gasteiger partial charge in [-0.1, -0.05) is 17.3 Å². The van der Waals surface area contributed by atoms with Gasteiger partial charge in [0.05, 0.1) is 12.1 Å². The van der Waals surface area contributed by atoms with Gasteiger partial charge >= 0.3 is 6.18 Å². The van der Waals surface area contributed by atoms with Crippen molar-refractivity contribution < 1.29 is 17.7 Å². The molecule has 0 saturated heterocycles. The van der Waals surface area contributed by atoms with Crippen LogP contribution in [0.2, 0.25) is 0 Å². The van der Waals surface area contributed by atoms with Crippen molar-refractivity contribution in [1.29, 1.82) is 0 Å². The Morgan fingerprint density at radius 3 is 2.80 bits per heavy atom. The fourth-order valence-electron chi connectivity index (χ4n) is 1.80. The van der Waals surface area contributed by atoms with Crippen LogP contribution in [0.3, 0.4) is 0 Å². The molecule has 1 aliphatic rings. The predicted octanol–water partition coefficient (Wildman–Crippen LogP) is 3.01. The number of hydrogen-bond donors (Lipinski definition) is 1. The van der Waals surface area contributed by atoms with E-state index in [1.54, 1.807) is 0 Å². The monoisotopic (exact) mass is 283 g/mol.